The van der Waals surface area contributed by atoms with Crippen molar-refractivity contribution in [1.29, 1.82) is 0 Å². The molecule has 3 N–H and O–H groups in total. The molecule has 1 amide bonds. The molecule has 2 heterocycles. The lowest BCUT2D eigenvalue weighted by atomic mass is 9.92. The van der Waals surface area contributed by atoms with Crippen LogP contribution in [0.1, 0.15) is 51.9 Å². The Hall–Kier alpha value is -2.32. The van der Waals surface area contributed by atoms with Crippen molar-refractivity contribution < 1.29 is 37.4 Å². The summed E-state index contributed by atoms with van der Waals surface area (Å²) >= 11 is 0. The van der Waals surface area contributed by atoms with Crippen molar-refractivity contribution in [2.75, 3.05) is 32.8 Å². The molecule has 2 aliphatic heterocycles. The van der Waals surface area contributed by atoms with Gasteiger partial charge in [-0.05, 0) is 58.0 Å². The third-order valence-corrected chi connectivity index (χ3v) is 5.56. The van der Waals surface area contributed by atoms with Crippen LogP contribution in [0, 0.1) is 18.3 Å². The molecule has 0 aromatic heterocycles. The molecule has 0 saturated carbocycles. The summed E-state index contributed by atoms with van der Waals surface area (Å²) in [7, 11) is 0. The number of carboxylic acids is 1. The van der Waals surface area contributed by atoms with E-state index in [1.54, 1.807) is 6.92 Å². The first-order chi connectivity index (χ1) is 15.6. The zero-order valence-corrected chi connectivity index (χ0v) is 19.0. The van der Waals surface area contributed by atoms with Gasteiger partial charge in [0.05, 0.1) is 19.1 Å². The highest BCUT2D eigenvalue weighted by Gasteiger charge is 2.38. The summed E-state index contributed by atoms with van der Waals surface area (Å²) in [5.41, 5.74) is 0. The van der Waals surface area contributed by atoms with E-state index < -0.39 is 12.1 Å². The number of hydrogen-bond donors (Lipinski definition) is 3. The predicted molar refractivity (Wildman–Crippen MR) is 115 cm³/mol. The number of halogens is 3. The van der Waals surface area contributed by atoms with E-state index in [1.165, 1.54) is 12.8 Å². The maximum Gasteiger partial charge on any atom is 0.490 e. The number of esters is 1. The second kappa shape index (κ2) is 14.8. The van der Waals surface area contributed by atoms with Gasteiger partial charge in [0, 0.05) is 25.6 Å². The van der Waals surface area contributed by atoms with Gasteiger partial charge in [0.2, 0.25) is 5.91 Å². The summed E-state index contributed by atoms with van der Waals surface area (Å²) in [6.45, 7) is 5.78. The zero-order valence-electron chi connectivity index (χ0n) is 19.0. The standard InChI is InChI=1S/C20H33N3O3.C2HF3O2/c1-3-17(14-20(25)26-4-2)22-18-6-5-13-23(15-18)19(24)8-7-16-9-11-21-12-10-16;3-2(4,5)1(6)7/h1,16-18,21-22H,4-15H2,2H3;(H,6,7)/t17-,18-;/m1./s1. The number of alkyl halides is 3. The minimum atomic E-state index is -5.08. The van der Waals surface area contributed by atoms with E-state index in [4.69, 9.17) is 21.1 Å². The van der Waals surface area contributed by atoms with Crippen molar-refractivity contribution in [3.8, 4) is 12.3 Å². The van der Waals surface area contributed by atoms with Crippen LogP contribution in [0.2, 0.25) is 0 Å². The fourth-order valence-corrected chi connectivity index (χ4v) is 3.83. The summed E-state index contributed by atoms with van der Waals surface area (Å²) in [6.07, 6.45) is 6.56. The smallest absolute Gasteiger partial charge is 0.475 e. The fraction of sp³-hybridized carbons (Fsp3) is 0.773. The molecule has 0 aromatic rings. The van der Waals surface area contributed by atoms with E-state index in [-0.39, 0.29) is 30.4 Å². The van der Waals surface area contributed by atoms with E-state index in [9.17, 15) is 22.8 Å². The van der Waals surface area contributed by atoms with Crippen molar-refractivity contribution in [2.45, 2.75) is 70.1 Å². The summed E-state index contributed by atoms with van der Waals surface area (Å²) in [4.78, 5) is 35.1. The lowest BCUT2D eigenvalue weighted by molar-refractivity contribution is -0.192. The number of terminal acetylenes is 1. The summed E-state index contributed by atoms with van der Waals surface area (Å²) in [5.74, 6) is 0.512. The number of rotatable bonds is 8. The molecular weight excluding hydrogens is 443 g/mol. The first kappa shape index (κ1) is 28.7. The molecule has 0 spiro atoms. The maximum absolute atomic E-state index is 12.6. The van der Waals surface area contributed by atoms with Gasteiger partial charge < -0.3 is 20.1 Å². The molecule has 2 saturated heterocycles. The third-order valence-electron chi connectivity index (χ3n) is 5.56. The second-order valence-corrected chi connectivity index (χ2v) is 8.11. The Morgan fingerprint density at radius 1 is 1.27 bits per heavy atom. The number of carbonyl (C=O) groups excluding carboxylic acids is 2. The minimum Gasteiger partial charge on any atom is -0.475 e. The molecule has 2 atom stereocenters. The molecule has 11 heteroatoms. The Labute approximate surface area is 192 Å². The van der Waals surface area contributed by atoms with E-state index in [0.717, 1.165) is 38.9 Å². The normalized spacial score (nSPS) is 20.1. The van der Waals surface area contributed by atoms with Crippen LogP contribution in [0.3, 0.4) is 0 Å². The number of hydrogen-bond acceptors (Lipinski definition) is 6. The number of aliphatic carboxylic acids is 1. The number of piperidine rings is 2. The van der Waals surface area contributed by atoms with Crippen molar-refractivity contribution in [3.05, 3.63) is 0 Å². The highest BCUT2D eigenvalue weighted by Crippen LogP contribution is 2.20. The first-order valence-corrected chi connectivity index (χ1v) is 11.2. The summed E-state index contributed by atoms with van der Waals surface area (Å²) in [6, 6.07) is -0.203. The number of likely N-dealkylation sites (tertiary alicyclic amines) is 1. The highest BCUT2D eigenvalue weighted by atomic mass is 19.4. The fourth-order valence-electron chi connectivity index (χ4n) is 3.83. The SMILES string of the molecule is C#C[C@H](CC(=O)OCC)N[C@@H]1CCCN(C(=O)CCC2CCNCC2)C1.O=C(O)C(F)(F)F. The van der Waals surface area contributed by atoms with E-state index in [0.29, 0.717) is 25.5 Å². The summed E-state index contributed by atoms with van der Waals surface area (Å²) < 4.78 is 36.7. The van der Waals surface area contributed by atoms with Crippen molar-refractivity contribution in [1.82, 2.24) is 15.5 Å². The van der Waals surface area contributed by atoms with Crippen LogP contribution in [0.5, 0.6) is 0 Å². The Balaban J connectivity index is 0.000000675. The molecule has 0 bridgehead atoms. The molecule has 0 aromatic carbocycles. The van der Waals surface area contributed by atoms with Gasteiger partial charge in [-0.1, -0.05) is 5.92 Å². The monoisotopic (exact) mass is 477 g/mol. The maximum atomic E-state index is 12.6. The molecular formula is C22H34F3N3O5. The largest absolute Gasteiger partial charge is 0.490 e. The molecule has 2 rings (SSSR count). The van der Waals surface area contributed by atoms with Gasteiger partial charge in [-0.25, -0.2) is 4.79 Å². The van der Waals surface area contributed by atoms with Crippen LogP contribution in [-0.2, 0) is 19.1 Å². The molecule has 33 heavy (non-hydrogen) atoms. The summed E-state index contributed by atoms with van der Waals surface area (Å²) in [5, 5.41) is 13.8. The Kier molecular flexibility index (Phi) is 12.8. The molecule has 0 unspecified atom stereocenters. The molecule has 8 nitrogen and oxygen atoms in total. The van der Waals surface area contributed by atoms with Crippen molar-refractivity contribution in [3.63, 3.8) is 0 Å². The van der Waals surface area contributed by atoms with Gasteiger partial charge in [0.15, 0.2) is 0 Å². The first-order valence-electron chi connectivity index (χ1n) is 11.2. The molecule has 0 aliphatic carbocycles. The highest BCUT2D eigenvalue weighted by molar-refractivity contribution is 5.76. The average Bonchev–Trinajstić information content (AvgIpc) is 2.78. The van der Waals surface area contributed by atoms with E-state index in [2.05, 4.69) is 16.6 Å². The van der Waals surface area contributed by atoms with Crippen LogP contribution in [-0.4, -0.2) is 78.9 Å². The van der Waals surface area contributed by atoms with Crippen LogP contribution in [0.15, 0.2) is 0 Å². The van der Waals surface area contributed by atoms with E-state index in [1.807, 2.05) is 4.90 Å². The lowest BCUT2D eigenvalue weighted by Crippen LogP contribution is -2.51. The molecule has 0 radical (unpaired) electrons. The van der Waals surface area contributed by atoms with Crippen molar-refractivity contribution in [2.24, 2.45) is 5.92 Å². The number of ether oxygens (including phenoxy) is 1. The van der Waals surface area contributed by atoms with E-state index >= 15 is 0 Å². The molecule has 188 valence electrons. The zero-order chi connectivity index (χ0) is 24.9. The number of carboxylic acid groups (broad SMARTS) is 1. The van der Waals surface area contributed by atoms with Crippen molar-refractivity contribution >= 4 is 17.8 Å². The van der Waals surface area contributed by atoms with Gasteiger partial charge in [-0.15, -0.1) is 6.42 Å². The van der Waals surface area contributed by atoms with Gasteiger partial charge in [-0.3, -0.25) is 14.9 Å². The van der Waals surface area contributed by atoms with Crippen LogP contribution in [0.4, 0.5) is 13.2 Å². The topological polar surface area (TPSA) is 108 Å². The molecule has 2 fully saturated rings. The minimum absolute atomic E-state index is 0.141. The van der Waals surface area contributed by atoms with Crippen LogP contribution >= 0.6 is 0 Å². The van der Waals surface area contributed by atoms with Crippen LogP contribution < -0.4 is 10.6 Å². The number of carbonyl (C=O) groups is 3. The molecule has 2 aliphatic rings. The van der Waals surface area contributed by atoms with Gasteiger partial charge >= 0.3 is 18.1 Å². The third kappa shape index (κ3) is 11.9. The van der Waals surface area contributed by atoms with Gasteiger partial charge in [0.25, 0.3) is 0 Å². The number of amides is 1. The Morgan fingerprint density at radius 2 is 1.91 bits per heavy atom. The van der Waals surface area contributed by atoms with Gasteiger partial charge in [0.1, 0.15) is 0 Å². The Morgan fingerprint density at radius 3 is 2.45 bits per heavy atom. The quantitative estimate of drug-likeness (QED) is 0.362. The number of nitrogens with zero attached hydrogens (tertiary/aromatic N) is 1. The predicted octanol–water partition coefficient (Wildman–Crippen LogP) is 1.94. The average molecular weight is 478 g/mol. The van der Waals surface area contributed by atoms with Gasteiger partial charge in [-0.2, -0.15) is 13.2 Å². The lowest BCUT2D eigenvalue weighted by Gasteiger charge is -2.35. The number of nitrogens with one attached hydrogen (secondary N) is 2. The Bertz CT molecular complexity index is 675. The second-order valence-electron chi connectivity index (χ2n) is 8.11. The van der Waals surface area contributed by atoms with Crippen LogP contribution in [0.25, 0.3) is 0 Å².